The van der Waals surface area contributed by atoms with Gasteiger partial charge in [0.25, 0.3) is 0 Å². The zero-order chi connectivity index (χ0) is 9.68. The van der Waals surface area contributed by atoms with E-state index in [1.54, 1.807) is 12.4 Å². The van der Waals surface area contributed by atoms with Crippen molar-refractivity contribution in [2.75, 3.05) is 5.32 Å². The summed E-state index contributed by atoms with van der Waals surface area (Å²) < 4.78 is 0. The Labute approximate surface area is 79.4 Å². The minimum atomic E-state index is 0.240. The van der Waals surface area contributed by atoms with Crippen LogP contribution in [0.2, 0.25) is 0 Å². The lowest BCUT2D eigenvalue weighted by molar-refractivity contribution is 0.605. The van der Waals surface area contributed by atoms with Gasteiger partial charge in [-0.1, -0.05) is 0 Å². The van der Waals surface area contributed by atoms with Crippen LogP contribution in [0.5, 0.6) is 0 Å². The van der Waals surface area contributed by atoms with Crippen LogP contribution in [0.3, 0.4) is 0 Å². The highest BCUT2D eigenvalue weighted by Crippen LogP contribution is 2.07. The highest BCUT2D eigenvalue weighted by atomic mass is 14.9. The first-order valence-electron chi connectivity index (χ1n) is 4.60. The predicted octanol–water partition coefficient (Wildman–Crippen LogP) is 1.62. The van der Waals surface area contributed by atoms with Gasteiger partial charge in [0.15, 0.2) is 0 Å². The molecule has 0 saturated carbocycles. The van der Waals surface area contributed by atoms with Gasteiger partial charge in [0.2, 0.25) is 0 Å². The average molecular weight is 179 g/mol. The molecule has 0 bridgehead atoms. The summed E-state index contributed by atoms with van der Waals surface area (Å²) in [5.74, 6) is 0. The molecular weight excluding hydrogens is 162 g/mol. The summed E-state index contributed by atoms with van der Waals surface area (Å²) in [5, 5.41) is 3.35. The van der Waals surface area contributed by atoms with E-state index in [0.717, 1.165) is 12.1 Å². The minimum Gasteiger partial charge on any atom is -0.382 e. The lowest BCUT2D eigenvalue weighted by Gasteiger charge is -2.16. The number of aromatic nitrogens is 1. The minimum absolute atomic E-state index is 0.240. The molecular formula is C10H17N3. The summed E-state index contributed by atoms with van der Waals surface area (Å²) in [6.45, 7) is 4.15. The third-order valence-corrected chi connectivity index (χ3v) is 1.82. The van der Waals surface area contributed by atoms with Crippen LogP contribution in [0.15, 0.2) is 24.5 Å². The molecule has 0 amide bonds. The number of hydrogen-bond donors (Lipinski definition) is 2. The molecule has 0 saturated heterocycles. The smallest absolute Gasteiger partial charge is 0.0373 e. The second-order valence-electron chi connectivity index (χ2n) is 3.49. The fourth-order valence-electron chi connectivity index (χ4n) is 1.35. The quantitative estimate of drug-likeness (QED) is 0.738. The predicted molar refractivity (Wildman–Crippen MR) is 55.6 cm³/mol. The lowest BCUT2D eigenvalue weighted by atomic mass is 10.1. The molecule has 72 valence electrons. The molecule has 3 heteroatoms. The Kier molecular flexibility index (Phi) is 3.71. The molecule has 3 N–H and O–H groups in total. The van der Waals surface area contributed by atoms with E-state index in [1.165, 1.54) is 0 Å². The Hall–Kier alpha value is -1.09. The highest BCUT2D eigenvalue weighted by molar-refractivity contribution is 5.41. The number of rotatable bonds is 4. The molecule has 13 heavy (non-hydrogen) atoms. The summed E-state index contributed by atoms with van der Waals surface area (Å²) in [5.41, 5.74) is 6.79. The first kappa shape index (κ1) is 9.99. The van der Waals surface area contributed by atoms with Crippen LogP contribution in [0.25, 0.3) is 0 Å². The summed E-state index contributed by atoms with van der Waals surface area (Å²) in [7, 11) is 0. The highest BCUT2D eigenvalue weighted by Gasteiger charge is 2.03. The summed E-state index contributed by atoms with van der Waals surface area (Å²) in [6.07, 6.45) is 4.53. The maximum Gasteiger partial charge on any atom is 0.0373 e. The number of nitrogens with one attached hydrogen (secondary N) is 1. The van der Waals surface area contributed by atoms with Gasteiger partial charge in [0, 0.05) is 30.2 Å². The van der Waals surface area contributed by atoms with Crippen molar-refractivity contribution in [3.8, 4) is 0 Å². The third-order valence-electron chi connectivity index (χ3n) is 1.82. The number of nitrogens with two attached hydrogens (primary N) is 1. The Morgan fingerprint density at radius 2 is 2.00 bits per heavy atom. The molecule has 1 aromatic rings. The van der Waals surface area contributed by atoms with Crippen molar-refractivity contribution >= 4 is 5.69 Å². The van der Waals surface area contributed by atoms with Crippen molar-refractivity contribution in [2.24, 2.45) is 5.73 Å². The normalized spacial score (nSPS) is 15.0. The van der Waals surface area contributed by atoms with Crippen LogP contribution in [-0.4, -0.2) is 17.1 Å². The second-order valence-corrected chi connectivity index (χ2v) is 3.49. The Balaban J connectivity index is 2.41. The standard InChI is InChI=1S/C10H17N3/c1-8(11)7-9(2)13-10-3-5-12-6-4-10/h3-6,8-9H,7,11H2,1-2H3,(H,12,13). The fourth-order valence-corrected chi connectivity index (χ4v) is 1.35. The molecule has 2 unspecified atom stereocenters. The summed E-state index contributed by atoms with van der Waals surface area (Å²) >= 11 is 0. The van der Waals surface area contributed by atoms with Gasteiger partial charge in [-0.15, -0.1) is 0 Å². The van der Waals surface area contributed by atoms with Gasteiger partial charge in [-0.2, -0.15) is 0 Å². The van der Waals surface area contributed by atoms with Crippen molar-refractivity contribution < 1.29 is 0 Å². The molecule has 0 spiro atoms. The molecule has 0 aliphatic rings. The van der Waals surface area contributed by atoms with E-state index < -0.39 is 0 Å². The van der Waals surface area contributed by atoms with E-state index in [2.05, 4.69) is 17.2 Å². The number of anilines is 1. The van der Waals surface area contributed by atoms with Crippen molar-refractivity contribution in [1.29, 1.82) is 0 Å². The van der Waals surface area contributed by atoms with Gasteiger partial charge in [0.1, 0.15) is 0 Å². The van der Waals surface area contributed by atoms with Gasteiger partial charge in [-0.25, -0.2) is 0 Å². The maximum absolute atomic E-state index is 5.69. The second kappa shape index (κ2) is 4.82. The zero-order valence-corrected chi connectivity index (χ0v) is 8.20. The Morgan fingerprint density at radius 1 is 1.38 bits per heavy atom. The molecule has 0 fully saturated rings. The van der Waals surface area contributed by atoms with Crippen molar-refractivity contribution in [2.45, 2.75) is 32.4 Å². The molecule has 0 aliphatic heterocycles. The van der Waals surface area contributed by atoms with Gasteiger partial charge in [-0.05, 0) is 32.4 Å². The molecule has 0 aliphatic carbocycles. The summed E-state index contributed by atoms with van der Waals surface area (Å²) in [4.78, 5) is 3.95. The first-order valence-corrected chi connectivity index (χ1v) is 4.60. The number of pyridine rings is 1. The van der Waals surface area contributed by atoms with E-state index in [9.17, 15) is 0 Å². The maximum atomic E-state index is 5.69. The molecule has 0 aromatic carbocycles. The van der Waals surface area contributed by atoms with Gasteiger partial charge in [-0.3, -0.25) is 4.98 Å². The monoisotopic (exact) mass is 179 g/mol. The Bertz CT molecular complexity index is 233. The number of nitrogens with zero attached hydrogens (tertiary/aromatic N) is 1. The molecule has 2 atom stereocenters. The van der Waals surface area contributed by atoms with Crippen LogP contribution in [0, 0.1) is 0 Å². The summed E-state index contributed by atoms with van der Waals surface area (Å²) in [6, 6.07) is 4.56. The van der Waals surface area contributed by atoms with E-state index >= 15 is 0 Å². The molecule has 1 heterocycles. The van der Waals surface area contributed by atoms with Crippen LogP contribution >= 0.6 is 0 Å². The third kappa shape index (κ3) is 3.90. The molecule has 0 radical (unpaired) electrons. The van der Waals surface area contributed by atoms with E-state index in [1.807, 2.05) is 19.1 Å². The van der Waals surface area contributed by atoms with Gasteiger partial charge >= 0.3 is 0 Å². The molecule has 3 nitrogen and oxygen atoms in total. The van der Waals surface area contributed by atoms with E-state index in [4.69, 9.17) is 5.73 Å². The zero-order valence-electron chi connectivity index (χ0n) is 8.20. The van der Waals surface area contributed by atoms with Gasteiger partial charge in [0.05, 0.1) is 0 Å². The molecule has 1 aromatic heterocycles. The largest absolute Gasteiger partial charge is 0.382 e. The number of hydrogen-bond acceptors (Lipinski definition) is 3. The van der Waals surface area contributed by atoms with E-state index in [0.29, 0.717) is 6.04 Å². The first-order chi connectivity index (χ1) is 6.18. The van der Waals surface area contributed by atoms with Crippen molar-refractivity contribution in [3.63, 3.8) is 0 Å². The van der Waals surface area contributed by atoms with Crippen LogP contribution in [0.1, 0.15) is 20.3 Å². The lowest BCUT2D eigenvalue weighted by Crippen LogP contribution is -2.26. The average Bonchev–Trinajstić information content (AvgIpc) is 2.04. The van der Waals surface area contributed by atoms with Crippen LogP contribution < -0.4 is 11.1 Å². The fraction of sp³-hybridized carbons (Fsp3) is 0.500. The molecule has 1 rings (SSSR count). The Morgan fingerprint density at radius 3 is 2.54 bits per heavy atom. The van der Waals surface area contributed by atoms with Crippen LogP contribution in [0.4, 0.5) is 5.69 Å². The van der Waals surface area contributed by atoms with E-state index in [-0.39, 0.29) is 6.04 Å². The topological polar surface area (TPSA) is 50.9 Å². The SMILES string of the molecule is CC(N)CC(C)Nc1ccncc1. The van der Waals surface area contributed by atoms with Crippen molar-refractivity contribution in [3.05, 3.63) is 24.5 Å². The van der Waals surface area contributed by atoms with Crippen LogP contribution in [-0.2, 0) is 0 Å². The van der Waals surface area contributed by atoms with Crippen molar-refractivity contribution in [1.82, 2.24) is 4.98 Å². The van der Waals surface area contributed by atoms with Gasteiger partial charge < -0.3 is 11.1 Å².